The molecular weight excluding hydrogens is 406 g/mol. The predicted molar refractivity (Wildman–Crippen MR) is 121 cm³/mol. The van der Waals surface area contributed by atoms with Gasteiger partial charge in [-0.1, -0.05) is 36.4 Å². The summed E-state index contributed by atoms with van der Waals surface area (Å²) in [4.78, 5) is 51.2. The molecule has 0 bridgehead atoms. The fraction of sp³-hybridized carbons (Fsp3) is 0.120. The Morgan fingerprint density at radius 2 is 1.47 bits per heavy atom. The minimum absolute atomic E-state index is 0.0653. The topological polar surface area (TPSA) is 95.6 Å². The Morgan fingerprint density at radius 1 is 0.844 bits per heavy atom. The van der Waals surface area contributed by atoms with Crippen molar-refractivity contribution >= 4 is 35.0 Å². The van der Waals surface area contributed by atoms with Crippen molar-refractivity contribution in [2.45, 2.75) is 19.4 Å². The molecule has 0 spiro atoms. The molecule has 1 aliphatic heterocycles. The van der Waals surface area contributed by atoms with E-state index < -0.39 is 11.8 Å². The first-order valence-corrected chi connectivity index (χ1v) is 10.2. The monoisotopic (exact) mass is 427 g/mol. The van der Waals surface area contributed by atoms with Gasteiger partial charge in [-0.3, -0.25) is 19.2 Å². The number of carbonyl (C=O) groups excluding carboxylic acids is 4. The predicted octanol–water partition coefficient (Wildman–Crippen LogP) is 3.63. The van der Waals surface area contributed by atoms with E-state index in [1.807, 2.05) is 6.07 Å². The van der Waals surface area contributed by atoms with Crippen LogP contribution in [-0.4, -0.2) is 29.7 Å². The smallest absolute Gasteiger partial charge is 0.266 e. The van der Waals surface area contributed by atoms with Gasteiger partial charge in [0.1, 0.15) is 0 Å². The fourth-order valence-corrected chi connectivity index (χ4v) is 3.58. The van der Waals surface area contributed by atoms with Gasteiger partial charge in [-0.25, -0.2) is 4.90 Å². The summed E-state index contributed by atoms with van der Waals surface area (Å²) in [6.45, 7) is 1.75. The molecule has 1 aliphatic rings. The van der Waals surface area contributed by atoms with Crippen molar-refractivity contribution in [2.24, 2.45) is 0 Å². The average Bonchev–Trinajstić information content (AvgIpc) is 3.04. The third kappa shape index (κ3) is 4.27. The summed E-state index contributed by atoms with van der Waals surface area (Å²) >= 11 is 0. The van der Waals surface area contributed by atoms with Crippen molar-refractivity contribution < 1.29 is 19.2 Å². The summed E-state index contributed by atoms with van der Waals surface area (Å²) in [5.74, 6) is -1.35. The minimum atomic E-state index is -0.397. The van der Waals surface area contributed by atoms with E-state index in [-0.39, 0.29) is 24.3 Å². The van der Waals surface area contributed by atoms with Gasteiger partial charge in [0.2, 0.25) is 5.91 Å². The molecule has 0 fully saturated rings. The van der Waals surface area contributed by atoms with Crippen LogP contribution in [0.2, 0.25) is 0 Å². The maximum Gasteiger partial charge on any atom is 0.266 e. The van der Waals surface area contributed by atoms with Crippen molar-refractivity contribution in [1.82, 2.24) is 5.32 Å². The summed E-state index contributed by atoms with van der Waals surface area (Å²) in [5.41, 5.74) is 2.06. The van der Waals surface area contributed by atoms with Crippen LogP contribution in [0.5, 0.6) is 0 Å². The molecule has 1 unspecified atom stereocenters. The van der Waals surface area contributed by atoms with Gasteiger partial charge >= 0.3 is 0 Å². The van der Waals surface area contributed by atoms with E-state index in [0.29, 0.717) is 28.1 Å². The number of benzene rings is 3. The van der Waals surface area contributed by atoms with Gasteiger partial charge in [0, 0.05) is 23.7 Å². The molecule has 0 radical (unpaired) electrons. The van der Waals surface area contributed by atoms with Gasteiger partial charge in [0.15, 0.2) is 0 Å². The van der Waals surface area contributed by atoms with Gasteiger partial charge in [0.05, 0.1) is 16.8 Å². The number of hydrogen-bond donors (Lipinski definition) is 2. The standard InChI is InChI=1S/C25H21N3O4/c1-16(26-23(30)17-8-3-2-4-9-17)14-22(29)27-18-10-7-11-19(15-18)28-24(31)20-12-5-6-13-21(20)25(28)32/h2-13,15-16H,14H2,1H3,(H,26,30)(H,27,29). The molecule has 160 valence electrons. The first kappa shape index (κ1) is 21.0. The van der Waals surface area contributed by atoms with Crippen LogP contribution in [-0.2, 0) is 4.79 Å². The van der Waals surface area contributed by atoms with E-state index in [1.54, 1.807) is 79.7 Å². The second-order valence-electron chi connectivity index (χ2n) is 7.53. The van der Waals surface area contributed by atoms with Crippen LogP contribution in [0, 0.1) is 0 Å². The Labute approximate surface area is 185 Å². The molecule has 0 saturated carbocycles. The lowest BCUT2D eigenvalue weighted by Gasteiger charge is -2.16. The minimum Gasteiger partial charge on any atom is -0.349 e. The summed E-state index contributed by atoms with van der Waals surface area (Å²) in [5, 5.41) is 5.55. The highest BCUT2D eigenvalue weighted by Crippen LogP contribution is 2.29. The van der Waals surface area contributed by atoms with Crippen LogP contribution in [0.25, 0.3) is 0 Å². The third-order valence-electron chi connectivity index (χ3n) is 5.09. The number of hydrogen-bond acceptors (Lipinski definition) is 4. The zero-order valence-corrected chi connectivity index (χ0v) is 17.4. The van der Waals surface area contributed by atoms with Gasteiger partial charge in [-0.2, -0.15) is 0 Å². The zero-order valence-electron chi connectivity index (χ0n) is 17.4. The van der Waals surface area contributed by atoms with Crippen LogP contribution in [0.3, 0.4) is 0 Å². The largest absolute Gasteiger partial charge is 0.349 e. The van der Waals surface area contributed by atoms with Crippen LogP contribution >= 0.6 is 0 Å². The maximum atomic E-state index is 12.7. The van der Waals surface area contributed by atoms with Crippen LogP contribution in [0.1, 0.15) is 44.4 Å². The molecule has 32 heavy (non-hydrogen) atoms. The van der Waals surface area contributed by atoms with E-state index in [2.05, 4.69) is 10.6 Å². The third-order valence-corrected chi connectivity index (χ3v) is 5.09. The number of rotatable bonds is 6. The molecule has 4 amide bonds. The first-order valence-electron chi connectivity index (χ1n) is 10.2. The highest BCUT2D eigenvalue weighted by molar-refractivity contribution is 6.34. The normalized spacial score (nSPS) is 13.5. The van der Waals surface area contributed by atoms with Crippen molar-refractivity contribution in [3.63, 3.8) is 0 Å². The van der Waals surface area contributed by atoms with E-state index >= 15 is 0 Å². The fourth-order valence-electron chi connectivity index (χ4n) is 3.58. The second-order valence-corrected chi connectivity index (χ2v) is 7.53. The molecule has 0 saturated heterocycles. The van der Waals surface area contributed by atoms with Gasteiger partial charge in [-0.05, 0) is 49.4 Å². The highest BCUT2D eigenvalue weighted by atomic mass is 16.2. The van der Waals surface area contributed by atoms with E-state index in [9.17, 15) is 19.2 Å². The van der Waals surface area contributed by atoms with E-state index in [0.717, 1.165) is 4.90 Å². The number of carbonyl (C=O) groups is 4. The van der Waals surface area contributed by atoms with Gasteiger partial charge < -0.3 is 10.6 Å². The number of nitrogens with one attached hydrogen (secondary N) is 2. The van der Waals surface area contributed by atoms with Crippen LogP contribution in [0.15, 0.2) is 78.9 Å². The highest BCUT2D eigenvalue weighted by Gasteiger charge is 2.36. The van der Waals surface area contributed by atoms with Gasteiger partial charge in [-0.15, -0.1) is 0 Å². The molecule has 0 aliphatic carbocycles. The summed E-state index contributed by atoms with van der Waals surface area (Å²) < 4.78 is 0. The Bertz CT molecular complexity index is 1170. The Morgan fingerprint density at radius 3 is 2.12 bits per heavy atom. The molecular formula is C25H21N3O4. The van der Waals surface area contributed by atoms with Crippen molar-refractivity contribution in [2.75, 3.05) is 10.2 Å². The van der Waals surface area contributed by atoms with Crippen molar-refractivity contribution in [3.8, 4) is 0 Å². The Kier molecular flexibility index (Phi) is 5.81. The second kappa shape index (κ2) is 8.85. The molecule has 1 heterocycles. The summed E-state index contributed by atoms with van der Waals surface area (Å²) in [6, 6.07) is 21.6. The lowest BCUT2D eigenvalue weighted by molar-refractivity contribution is -0.116. The van der Waals surface area contributed by atoms with Crippen molar-refractivity contribution in [3.05, 3.63) is 95.6 Å². The lowest BCUT2D eigenvalue weighted by Crippen LogP contribution is -2.35. The lowest BCUT2D eigenvalue weighted by atomic mass is 10.1. The SMILES string of the molecule is CC(CC(=O)Nc1cccc(N2C(=O)c3ccccc3C2=O)c1)NC(=O)c1ccccc1. The molecule has 1 atom stereocenters. The molecule has 2 N–H and O–H groups in total. The summed E-state index contributed by atoms with van der Waals surface area (Å²) in [6.07, 6.45) is 0.0653. The summed E-state index contributed by atoms with van der Waals surface area (Å²) in [7, 11) is 0. The Hall–Kier alpha value is -4.26. The van der Waals surface area contributed by atoms with Gasteiger partial charge in [0.25, 0.3) is 17.7 Å². The van der Waals surface area contributed by atoms with Crippen LogP contribution < -0.4 is 15.5 Å². The maximum absolute atomic E-state index is 12.7. The number of amides is 4. The number of nitrogens with zero attached hydrogens (tertiary/aromatic N) is 1. The first-order chi connectivity index (χ1) is 15.4. The quantitative estimate of drug-likeness (QED) is 0.587. The van der Waals surface area contributed by atoms with Crippen LogP contribution in [0.4, 0.5) is 11.4 Å². The molecule has 4 rings (SSSR count). The Balaban J connectivity index is 1.40. The number of fused-ring (bicyclic) bond motifs is 1. The molecule has 0 aromatic heterocycles. The molecule has 7 heteroatoms. The van der Waals surface area contributed by atoms with E-state index in [1.165, 1.54) is 0 Å². The average molecular weight is 427 g/mol. The molecule has 3 aromatic carbocycles. The molecule has 7 nitrogen and oxygen atoms in total. The number of anilines is 2. The molecule has 3 aromatic rings. The van der Waals surface area contributed by atoms with Crippen molar-refractivity contribution in [1.29, 1.82) is 0 Å². The number of imide groups is 1. The zero-order chi connectivity index (χ0) is 22.7. The van der Waals surface area contributed by atoms with E-state index in [4.69, 9.17) is 0 Å².